The van der Waals surface area contributed by atoms with Crippen LogP contribution in [0.5, 0.6) is 0 Å². The molecule has 170 valence electrons. The molecule has 7 heteroatoms. The van der Waals surface area contributed by atoms with Gasteiger partial charge in [-0.1, -0.05) is 59.6 Å². The molecule has 1 aliphatic heterocycles. The normalized spacial score (nSPS) is 14.8. The van der Waals surface area contributed by atoms with Crippen molar-refractivity contribution in [3.63, 3.8) is 0 Å². The third kappa shape index (κ3) is 5.80. The number of hydrogen-bond donors (Lipinski definition) is 1. The minimum atomic E-state index is -0.319. The summed E-state index contributed by atoms with van der Waals surface area (Å²) in [6.07, 6.45) is 1.30. The van der Waals surface area contributed by atoms with Crippen molar-refractivity contribution in [3.05, 3.63) is 99.3 Å². The average Bonchev–Trinajstić information content (AvgIpc) is 2.82. The summed E-state index contributed by atoms with van der Waals surface area (Å²) >= 11 is 12.0. The van der Waals surface area contributed by atoms with Crippen LogP contribution in [-0.4, -0.2) is 29.7 Å². The fourth-order valence-corrected chi connectivity index (χ4v) is 4.37. The second-order valence-electron chi connectivity index (χ2n) is 8.16. The van der Waals surface area contributed by atoms with E-state index in [2.05, 4.69) is 10.2 Å². The zero-order chi connectivity index (χ0) is 23.4. The Bertz CT molecular complexity index is 1160. The SMILES string of the molecule is O=C(c1ccccc1)c1cc(Cl)ccc1NC(=O)C1CCN(Cc2ccc(Cl)cc2F)CC1. The quantitative estimate of drug-likeness (QED) is 0.422. The zero-order valence-electron chi connectivity index (χ0n) is 17.9. The Morgan fingerprint density at radius 3 is 2.30 bits per heavy atom. The molecule has 1 saturated heterocycles. The Kier molecular flexibility index (Phi) is 7.43. The van der Waals surface area contributed by atoms with Crippen LogP contribution < -0.4 is 5.32 Å². The lowest BCUT2D eigenvalue weighted by Crippen LogP contribution is -2.38. The van der Waals surface area contributed by atoms with Crippen LogP contribution in [0.1, 0.15) is 34.3 Å². The lowest BCUT2D eigenvalue weighted by Gasteiger charge is -2.31. The van der Waals surface area contributed by atoms with Crippen LogP contribution in [0.2, 0.25) is 10.0 Å². The van der Waals surface area contributed by atoms with Gasteiger partial charge in [-0.25, -0.2) is 4.39 Å². The highest BCUT2D eigenvalue weighted by atomic mass is 35.5. The Hall–Kier alpha value is -2.73. The predicted molar refractivity (Wildman–Crippen MR) is 129 cm³/mol. The molecule has 33 heavy (non-hydrogen) atoms. The molecule has 1 aliphatic rings. The minimum Gasteiger partial charge on any atom is -0.325 e. The number of halogens is 3. The second kappa shape index (κ2) is 10.5. The van der Waals surface area contributed by atoms with Crippen molar-refractivity contribution < 1.29 is 14.0 Å². The highest BCUT2D eigenvalue weighted by molar-refractivity contribution is 6.31. The van der Waals surface area contributed by atoms with E-state index in [0.717, 1.165) is 0 Å². The number of ketones is 1. The Labute approximate surface area is 202 Å². The molecule has 0 bridgehead atoms. The van der Waals surface area contributed by atoms with E-state index < -0.39 is 0 Å². The van der Waals surface area contributed by atoms with E-state index in [9.17, 15) is 14.0 Å². The molecule has 0 unspecified atom stereocenters. The number of benzene rings is 3. The largest absolute Gasteiger partial charge is 0.325 e. The summed E-state index contributed by atoms with van der Waals surface area (Å²) in [5.74, 6) is -0.836. The van der Waals surface area contributed by atoms with Crippen LogP contribution in [0.4, 0.5) is 10.1 Å². The lowest BCUT2D eigenvalue weighted by molar-refractivity contribution is -0.121. The molecular formula is C26H23Cl2FN2O2. The second-order valence-corrected chi connectivity index (χ2v) is 9.03. The highest BCUT2D eigenvalue weighted by Gasteiger charge is 2.26. The molecule has 1 amide bonds. The molecule has 0 saturated carbocycles. The standard InChI is InChI=1S/C26H23Cl2FN2O2/c27-20-8-9-24(22(14-20)25(32)17-4-2-1-3-5-17)30-26(33)18-10-12-31(13-11-18)16-19-6-7-21(28)15-23(19)29/h1-9,14-15,18H,10-13,16H2,(H,30,33). The monoisotopic (exact) mass is 484 g/mol. The summed E-state index contributed by atoms with van der Waals surface area (Å²) in [5, 5.41) is 3.73. The maximum atomic E-state index is 14.1. The maximum absolute atomic E-state index is 14.1. The van der Waals surface area contributed by atoms with Gasteiger partial charge in [0.15, 0.2) is 5.78 Å². The fraction of sp³-hybridized carbons (Fsp3) is 0.231. The molecule has 4 nitrogen and oxygen atoms in total. The Morgan fingerprint density at radius 1 is 0.939 bits per heavy atom. The van der Waals surface area contributed by atoms with Gasteiger partial charge in [-0.15, -0.1) is 0 Å². The summed E-state index contributed by atoms with van der Waals surface area (Å²) in [6.45, 7) is 1.83. The molecule has 4 rings (SSSR count). The first-order chi connectivity index (χ1) is 15.9. The molecule has 0 atom stereocenters. The molecule has 1 heterocycles. The number of carbonyl (C=O) groups is 2. The van der Waals surface area contributed by atoms with Crippen molar-refractivity contribution >= 4 is 40.6 Å². The zero-order valence-corrected chi connectivity index (χ0v) is 19.4. The van der Waals surface area contributed by atoms with Gasteiger partial charge in [0.25, 0.3) is 0 Å². The van der Waals surface area contributed by atoms with Crippen molar-refractivity contribution in [3.8, 4) is 0 Å². The van der Waals surface area contributed by atoms with Crippen molar-refractivity contribution in [2.45, 2.75) is 19.4 Å². The molecule has 3 aromatic rings. The molecule has 3 aromatic carbocycles. The van der Waals surface area contributed by atoms with Gasteiger partial charge in [-0.2, -0.15) is 0 Å². The number of carbonyl (C=O) groups excluding carboxylic acids is 2. The summed E-state index contributed by atoms with van der Waals surface area (Å²) in [7, 11) is 0. The number of piperidine rings is 1. The van der Waals surface area contributed by atoms with Crippen LogP contribution in [-0.2, 0) is 11.3 Å². The molecule has 0 aliphatic carbocycles. The van der Waals surface area contributed by atoms with Crippen molar-refractivity contribution in [2.75, 3.05) is 18.4 Å². The van der Waals surface area contributed by atoms with Gasteiger partial charge in [0.1, 0.15) is 5.82 Å². The van der Waals surface area contributed by atoms with Crippen LogP contribution in [0.15, 0.2) is 66.7 Å². The number of anilines is 1. The van der Waals surface area contributed by atoms with E-state index in [-0.39, 0.29) is 23.4 Å². The van der Waals surface area contributed by atoms with E-state index in [0.29, 0.717) is 64.9 Å². The molecular weight excluding hydrogens is 462 g/mol. The smallest absolute Gasteiger partial charge is 0.227 e. The van der Waals surface area contributed by atoms with Gasteiger partial charge in [0.05, 0.1) is 5.69 Å². The van der Waals surface area contributed by atoms with E-state index in [1.54, 1.807) is 54.6 Å². The Balaban J connectivity index is 1.40. The van der Waals surface area contributed by atoms with Gasteiger partial charge < -0.3 is 5.32 Å². The van der Waals surface area contributed by atoms with Crippen molar-refractivity contribution in [1.82, 2.24) is 4.90 Å². The van der Waals surface area contributed by atoms with Crippen molar-refractivity contribution in [1.29, 1.82) is 0 Å². The topological polar surface area (TPSA) is 49.4 Å². The number of nitrogens with zero attached hydrogens (tertiary/aromatic N) is 1. The van der Waals surface area contributed by atoms with Gasteiger partial charge in [0.2, 0.25) is 5.91 Å². The summed E-state index contributed by atoms with van der Waals surface area (Å²) in [4.78, 5) is 28.1. The lowest BCUT2D eigenvalue weighted by atomic mass is 9.95. The molecule has 0 aromatic heterocycles. The number of likely N-dealkylation sites (tertiary alicyclic amines) is 1. The predicted octanol–water partition coefficient (Wildman–Crippen LogP) is 6.21. The van der Waals surface area contributed by atoms with Crippen LogP contribution in [0.3, 0.4) is 0 Å². The van der Waals surface area contributed by atoms with E-state index in [4.69, 9.17) is 23.2 Å². The van der Waals surface area contributed by atoms with Gasteiger partial charge in [-0.3, -0.25) is 14.5 Å². The molecule has 0 spiro atoms. The van der Waals surface area contributed by atoms with E-state index in [1.165, 1.54) is 6.07 Å². The highest BCUT2D eigenvalue weighted by Crippen LogP contribution is 2.27. The molecule has 1 N–H and O–H groups in total. The number of hydrogen-bond acceptors (Lipinski definition) is 3. The van der Waals surface area contributed by atoms with Gasteiger partial charge in [-0.05, 0) is 56.3 Å². The fourth-order valence-electron chi connectivity index (χ4n) is 4.04. The third-order valence-electron chi connectivity index (χ3n) is 5.89. The van der Waals surface area contributed by atoms with Gasteiger partial charge in [0, 0.05) is 39.2 Å². The number of nitrogens with one attached hydrogen (secondary N) is 1. The molecule has 1 fully saturated rings. The van der Waals surface area contributed by atoms with Crippen LogP contribution >= 0.6 is 23.2 Å². The van der Waals surface area contributed by atoms with Crippen LogP contribution in [0.25, 0.3) is 0 Å². The third-order valence-corrected chi connectivity index (χ3v) is 6.36. The first-order valence-electron chi connectivity index (χ1n) is 10.8. The summed E-state index contributed by atoms with van der Waals surface area (Å²) in [6, 6.07) is 18.5. The maximum Gasteiger partial charge on any atom is 0.227 e. The van der Waals surface area contributed by atoms with Gasteiger partial charge >= 0.3 is 0 Å². The minimum absolute atomic E-state index is 0.128. The number of amides is 1. The first-order valence-corrected chi connectivity index (χ1v) is 11.5. The van der Waals surface area contributed by atoms with Crippen LogP contribution in [0, 0.1) is 11.7 Å². The number of rotatable bonds is 6. The molecule has 0 radical (unpaired) electrons. The average molecular weight is 485 g/mol. The van der Waals surface area contributed by atoms with E-state index >= 15 is 0 Å². The van der Waals surface area contributed by atoms with E-state index in [1.807, 2.05) is 6.07 Å². The van der Waals surface area contributed by atoms with Crippen molar-refractivity contribution in [2.24, 2.45) is 5.92 Å². The summed E-state index contributed by atoms with van der Waals surface area (Å²) in [5.41, 5.74) is 1.92. The Morgan fingerprint density at radius 2 is 1.61 bits per heavy atom. The first kappa shape index (κ1) is 23.4. The summed E-state index contributed by atoms with van der Waals surface area (Å²) < 4.78 is 14.1.